The summed E-state index contributed by atoms with van der Waals surface area (Å²) >= 11 is 0. The van der Waals surface area contributed by atoms with Crippen LogP contribution in [-0.2, 0) is 0 Å². The van der Waals surface area contributed by atoms with E-state index in [9.17, 15) is 0 Å². The lowest BCUT2D eigenvalue weighted by molar-refractivity contribution is 0.360. The second kappa shape index (κ2) is 7.28. The van der Waals surface area contributed by atoms with Crippen LogP contribution in [0.3, 0.4) is 0 Å². The van der Waals surface area contributed by atoms with Crippen LogP contribution in [0.15, 0.2) is 0 Å². The molecule has 0 amide bonds. The second-order valence-corrected chi connectivity index (χ2v) is 4.32. The van der Waals surface area contributed by atoms with E-state index >= 15 is 0 Å². The first-order chi connectivity index (χ1) is 6.75. The van der Waals surface area contributed by atoms with Gasteiger partial charge in [-0.1, -0.05) is 34.6 Å². The van der Waals surface area contributed by atoms with E-state index in [0.717, 1.165) is 17.8 Å². The summed E-state index contributed by atoms with van der Waals surface area (Å²) in [7, 11) is 2.25. The Labute approximate surface area is 90.9 Å². The smallest absolute Gasteiger partial charge is 0.000995 e. The minimum atomic E-state index is 1.02. The molecule has 1 aliphatic heterocycles. The summed E-state index contributed by atoms with van der Waals surface area (Å²) in [5.41, 5.74) is 0. The highest BCUT2D eigenvalue weighted by Crippen LogP contribution is 2.40. The van der Waals surface area contributed by atoms with Crippen molar-refractivity contribution in [3.63, 3.8) is 0 Å². The van der Waals surface area contributed by atoms with Crippen molar-refractivity contribution in [2.45, 2.75) is 47.5 Å². The number of hydrogen-bond acceptors (Lipinski definition) is 1. The molecule has 0 N–H and O–H groups in total. The fraction of sp³-hybridized carbons (Fsp3) is 1.00. The van der Waals surface area contributed by atoms with Gasteiger partial charge >= 0.3 is 0 Å². The van der Waals surface area contributed by atoms with Gasteiger partial charge in [0.2, 0.25) is 0 Å². The van der Waals surface area contributed by atoms with Gasteiger partial charge in [0.15, 0.2) is 0 Å². The molecule has 3 atom stereocenters. The van der Waals surface area contributed by atoms with Gasteiger partial charge in [-0.05, 0) is 37.6 Å². The maximum absolute atomic E-state index is 2.49. The molecule has 0 radical (unpaired) electrons. The molecule has 14 heavy (non-hydrogen) atoms. The van der Waals surface area contributed by atoms with E-state index < -0.39 is 0 Å². The Bertz CT molecular complexity index is 105. The van der Waals surface area contributed by atoms with Crippen LogP contribution < -0.4 is 0 Å². The maximum atomic E-state index is 2.49. The highest BCUT2D eigenvalue weighted by atomic mass is 15.1. The zero-order chi connectivity index (χ0) is 11.1. The molecule has 1 heteroatoms. The quantitative estimate of drug-likeness (QED) is 0.575. The minimum Gasteiger partial charge on any atom is -0.306 e. The van der Waals surface area contributed by atoms with Gasteiger partial charge in [-0.2, -0.15) is 0 Å². The average Bonchev–Trinajstić information content (AvgIpc) is 2.67. The van der Waals surface area contributed by atoms with Crippen molar-refractivity contribution in [1.82, 2.24) is 4.90 Å². The molecule has 0 aromatic carbocycles. The van der Waals surface area contributed by atoms with Crippen LogP contribution in [0.2, 0.25) is 0 Å². The fourth-order valence-corrected chi connectivity index (χ4v) is 2.84. The molecule has 0 bridgehead atoms. The average molecular weight is 199 g/mol. The molecule has 1 heterocycles. The number of fused-ring (bicyclic) bond motifs is 1. The van der Waals surface area contributed by atoms with Crippen molar-refractivity contribution in [3.8, 4) is 0 Å². The van der Waals surface area contributed by atoms with Crippen LogP contribution in [0.5, 0.6) is 0 Å². The van der Waals surface area contributed by atoms with E-state index in [4.69, 9.17) is 0 Å². The standard InChI is InChI=1S/C9H17N.2C2H6/c1-7-3-8-5-10(2)6-9(8)4-7;2*1-2/h7-9H,3-6H2,1-2H3;2*1-2H3/t7?,8-,9+;;. The van der Waals surface area contributed by atoms with Crippen LogP contribution in [-0.4, -0.2) is 25.0 Å². The molecular formula is C13H29N. The first kappa shape index (κ1) is 14.0. The molecule has 0 spiro atoms. The van der Waals surface area contributed by atoms with Gasteiger partial charge in [0.1, 0.15) is 0 Å². The molecule has 1 saturated carbocycles. The molecule has 0 aromatic rings. The minimum absolute atomic E-state index is 1.02. The van der Waals surface area contributed by atoms with Crippen LogP contribution in [0, 0.1) is 17.8 Å². The molecule has 0 aromatic heterocycles. The van der Waals surface area contributed by atoms with Gasteiger partial charge in [-0.15, -0.1) is 0 Å². The van der Waals surface area contributed by atoms with Gasteiger partial charge in [0, 0.05) is 13.1 Å². The zero-order valence-corrected chi connectivity index (χ0v) is 11.0. The summed E-state index contributed by atoms with van der Waals surface area (Å²) < 4.78 is 0. The summed E-state index contributed by atoms with van der Waals surface area (Å²) in [5, 5.41) is 0. The van der Waals surface area contributed by atoms with Gasteiger partial charge in [0.05, 0.1) is 0 Å². The number of rotatable bonds is 0. The summed E-state index contributed by atoms with van der Waals surface area (Å²) in [6.07, 6.45) is 2.99. The van der Waals surface area contributed by atoms with Crippen molar-refractivity contribution >= 4 is 0 Å². The van der Waals surface area contributed by atoms with Crippen molar-refractivity contribution in [1.29, 1.82) is 0 Å². The normalized spacial score (nSPS) is 35.1. The Hall–Kier alpha value is -0.0400. The van der Waals surface area contributed by atoms with E-state index in [1.165, 1.54) is 25.9 Å². The van der Waals surface area contributed by atoms with E-state index in [1.807, 2.05) is 27.7 Å². The number of nitrogens with zero attached hydrogens (tertiary/aromatic N) is 1. The largest absolute Gasteiger partial charge is 0.306 e. The van der Waals surface area contributed by atoms with Crippen molar-refractivity contribution in [2.24, 2.45) is 17.8 Å². The van der Waals surface area contributed by atoms with Crippen LogP contribution >= 0.6 is 0 Å². The van der Waals surface area contributed by atoms with Crippen LogP contribution in [0.4, 0.5) is 0 Å². The van der Waals surface area contributed by atoms with Crippen molar-refractivity contribution < 1.29 is 0 Å². The molecular weight excluding hydrogens is 170 g/mol. The summed E-state index contributed by atoms with van der Waals surface area (Å²) in [6.45, 7) is 13.1. The summed E-state index contributed by atoms with van der Waals surface area (Å²) in [6, 6.07) is 0. The Morgan fingerprint density at radius 2 is 1.21 bits per heavy atom. The van der Waals surface area contributed by atoms with E-state index in [1.54, 1.807) is 0 Å². The Kier molecular flexibility index (Phi) is 7.26. The van der Waals surface area contributed by atoms with Gasteiger partial charge in [-0.3, -0.25) is 0 Å². The Morgan fingerprint density at radius 3 is 1.57 bits per heavy atom. The fourth-order valence-electron chi connectivity index (χ4n) is 2.84. The lowest BCUT2D eigenvalue weighted by atomic mass is 10.0. The third-order valence-corrected chi connectivity index (χ3v) is 3.17. The molecule has 2 aliphatic rings. The van der Waals surface area contributed by atoms with Crippen LogP contribution in [0.1, 0.15) is 47.5 Å². The predicted octanol–water partition coefficient (Wildman–Crippen LogP) is 3.65. The molecule has 1 unspecified atom stereocenters. The molecule has 2 fully saturated rings. The third kappa shape index (κ3) is 3.61. The maximum Gasteiger partial charge on any atom is 0.000995 e. The van der Waals surface area contributed by atoms with Crippen LogP contribution in [0.25, 0.3) is 0 Å². The molecule has 2 rings (SSSR count). The van der Waals surface area contributed by atoms with Gasteiger partial charge in [0.25, 0.3) is 0 Å². The third-order valence-electron chi connectivity index (χ3n) is 3.17. The summed E-state index contributed by atoms with van der Waals surface area (Å²) in [4.78, 5) is 2.49. The van der Waals surface area contributed by atoms with E-state index in [2.05, 4.69) is 18.9 Å². The molecule has 1 saturated heterocycles. The highest BCUT2D eigenvalue weighted by Gasteiger charge is 2.37. The predicted molar refractivity (Wildman–Crippen MR) is 65.6 cm³/mol. The zero-order valence-electron chi connectivity index (χ0n) is 11.0. The van der Waals surface area contributed by atoms with E-state index in [0.29, 0.717) is 0 Å². The number of likely N-dealkylation sites (tertiary alicyclic amines) is 1. The first-order valence-corrected chi connectivity index (χ1v) is 6.44. The monoisotopic (exact) mass is 199 g/mol. The van der Waals surface area contributed by atoms with Gasteiger partial charge < -0.3 is 4.90 Å². The summed E-state index contributed by atoms with van der Waals surface area (Å²) in [5.74, 6) is 3.13. The highest BCUT2D eigenvalue weighted by molar-refractivity contribution is 4.89. The topological polar surface area (TPSA) is 3.24 Å². The SMILES string of the molecule is CC.CC.CC1C[C@@H]2CN(C)C[C@@H]2C1. The second-order valence-electron chi connectivity index (χ2n) is 4.32. The van der Waals surface area contributed by atoms with Gasteiger partial charge in [-0.25, -0.2) is 0 Å². The molecule has 86 valence electrons. The lowest BCUT2D eigenvalue weighted by Crippen LogP contribution is -2.15. The lowest BCUT2D eigenvalue weighted by Gasteiger charge is -2.09. The van der Waals surface area contributed by atoms with Crippen molar-refractivity contribution in [2.75, 3.05) is 20.1 Å². The van der Waals surface area contributed by atoms with E-state index in [-0.39, 0.29) is 0 Å². The van der Waals surface area contributed by atoms with Crippen molar-refractivity contribution in [3.05, 3.63) is 0 Å². The number of hydrogen-bond donors (Lipinski definition) is 0. The Morgan fingerprint density at radius 1 is 0.857 bits per heavy atom. The molecule has 1 aliphatic carbocycles. The Balaban J connectivity index is 0.000000379. The first-order valence-electron chi connectivity index (χ1n) is 6.44. The molecule has 1 nitrogen and oxygen atoms in total.